The Morgan fingerprint density at radius 2 is 1.58 bits per heavy atom. The van der Waals surface area contributed by atoms with E-state index in [0.717, 1.165) is 28.2 Å². The molecule has 4 aromatic rings. The van der Waals surface area contributed by atoms with Gasteiger partial charge in [0.15, 0.2) is 5.76 Å². The van der Waals surface area contributed by atoms with Crippen LogP contribution in [0.3, 0.4) is 0 Å². The highest BCUT2D eigenvalue weighted by molar-refractivity contribution is 6.00. The summed E-state index contributed by atoms with van der Waals surface area (Å²) in [4.78, 5) is 24.8. The number of carbonyl (C=O) groups is 2. The number of aromatic nitrogens is 1. The highest BCUT2D eigenvalue weighted by Gasteiger charge is 2.30. The largest absolute Gasteiger partial charge is 0.481 e. The summed E-state index contributed by atoms with van der Waals surface area (Å²) in [5, 5.41) is 12.9. The SMILES string of the molecule is CCOC(=O)N(c1ccc(F)cc1F)c1c(C)noc1-c1ccc(-c2ccc(CC(=O)O)cc2)cc1. The normalized spacial score (nSPS) is 10.8. The van der Waals surface area contributed by atoms with Crippen molar-refractivity contribution in [3.05, 3.63) is 89.6 Å². The Balaban J connectivity index is 1.72. The van der Waals surface area contributed by atoms with Gasteiger partial charge in [-0.1, -0.05) is 53.7 Å². The van der Waals surface area contributed by atoms with E-state index in [1.54, 1.807) is 38.1 Å². The summed E-state index contributed by atoms with van der Waals surface area (Å²) in [5.74, 6) is -2.43. The predicted molar refractivity (Wildman–Crippen MR) is 129 cm³/mol. The van der Waals surface area contributed by atoms with Crippen molar-refractivity contribution in [3.63, 3.8) is 0 Å². The number of rotatable bonds is 7. The first-order valence-electron chi connectivity index (χ1n) is 11.1. The standard InChI is InChI=1S/C27H22F2N2O5/c1-3-35-27(34)31(23-13-12-21(28)15-22(23)29)25-16(2)30-36-26(25)20-10-8-19(9-11-20)18-6-4-17(5-7-18)14-24(32)33/h4-13,15H,3,14H2,1-2H3,(H,32,33). The summed E-state index contributed by atoms with van der Waals surface area (Å²) in [7, 11) is 0. The molecule has 0 spiro atoms. The lowest BCUT2D eigenvalue weighted by Gasteiger charge is -2.22. The van der Waals surface area contributed by atoms with Crippen LogP contribution in [-0.4, -0.2) is 28.9 Å². The number of halogens is 2. The Labute approximate surface area is 205 Å². The number of aryl methyl sites for hydroxylation is 1. The van der Waals surface area contributed by atoms with Gasteiger partial charge in [-0.15, -0.1) is 0 Å². The van der Waals surface area contributed by atoms with Crippen LogP contribution in [0.25, 0.3) is 22.5 Å². The molecule has 1 heterocycles. The zero-order chi connectivity index (χ0) is 25.8. The van der Waals surface area contributed by atoms with Crippen molar-refractivity contribution in [3.8, 4) is 22.5 Å². The van der Waals surface area contributed by atoms with Crippen LogP contribution in [-0.2, 0) is 16.0 Å². The highest BCUT2D eigenvalue weighted by atomic mass is 19.1. The van der Waals surface area contributed by atoms with Crippen molar-refractivity contribution in [1.29, 1.82) is 0 Å². The summed E-state index contributed by atoms with van der Waals surface area (Å²) in [6.07, 6.45) is -0.924. The molecule has 0 saturated heterocycles. The molecular weight excluding hydrogens is 470 g/mol. The third-order valence-corrected chi connectivity index (χ3v) is 5.45. The number of ether oxygens (including phenoxy) is 1. The first-order chi connectivity index (χ1) is 17.3. The molecule has 0 atom stereocenters. The molecule has 0 fully saturated rings. The number of carboxylic acids is 1. The van der Waals surface area contributed by atoms with E-state index in [1.165, 1.54) is 0 Å². The minimum atomic E-state index is -0.948. The van der Waals surface area contributed by atoms with Gasteiger partial charge >= 0.3 is 12.1 Å². The molecule has 1 N–H and O–H groups in total. The minimum absolute atomic E-state index is 0.0394. The number of anilines is 2. The molecule has 4 rings (SSSR count). The molecule has 0 aliphatic rings. The minimum Gasteiger partial charge on any atom is -0.481 e. The second-order valence-electron chi connectivity index (χ2n) is 7.92. The number of carbonyl (C=O) groups excluding carboxylic acids is 1. The first-order valence-corrected chi connectivity index (χ1v) is 11.1. The van der Waals surface area contributed by atoms with Crippen LogP contribution in [0.2, 0.25) is 0 Å². The maximum atomic E-state index is 14.7. The molecule has 9 heteroatoms. The highest BCUT2D eigenvalue weighted by Crippen LogP contribution is 2.40. The molecular formula is C27H22F2N2O5. The topological polar surface area (TPSA) is 92.9 Å². The van der Waals surface area contributed by atoms with Crippen LogP contribution in [0.5, 0.6) is 0 Å². The average Bonchev–Trinajstić information content (AvgIpc) is 3.22. The van der Waals surface area contributed by atoms with Gasteiger partial charge in [0.1, 0.15) is 23.0 Å². The van der Waals surface area contributed by atoms with Gasteiger partial charge in [0.2, 0.25) is 0 Å². The number of hydrogen-bond acceptors (Lipinski definition) is 5. The van der Waals surface area contributed by atoms with E-state index in [1.807, 2.05) is 24.3 Å². The summed E-state index contributed by atoms with van der Waals surface area (Å²) in [5.41, 5.74) is 3.27. The van der Waals surface area contributed by atoms with Crippen LogP contribution in [0.15, 0.2) is 71.3 Å². The van der Waals surface area contributed by atoms with Gasteiger partial charge < -0.3 is 14.4 Å². The Morgan fingerprint density at radius 3 is 2.17 bits per heavy atom. The lowest BCUT2D eigenvalue weighted by atomic mass is 10.0. The summed E-state index contributed by atoms with van der Waals surface area (Å²) < 4.78 is 38.9. The third kappa shape index (κ3) is 5.10. The molecule has 3 aromatic carbocycles. The average molecular weight is 492 g/mol. The number of nitrogens with zero attached hydrogens (tertiary/aromatic N) is 2. The Morgan fingerprint density at radius 1 is 0.972 bits per heavy atom. The Hall–Kier alpha value is -4.53. The van der Waals surface area contributed by atoms with E-state index in [-0.39, 0.29) is 30.2 Å². The second-order valence-corrected chi connectivity index (χ2v) is 7.92. The number of carboxylic acid groups (broad SMARTS) is 1. The Bertz CT molecular complexity index is 1400. The van der Waals surface area contributed by atoms with Crippen molar-refractivity contribution >= 4 is 23.4 Å². The van der Waals surface area contributed by atoms with Gasteiger partial charge in [-0.2, -0.15) is 0 Å². The lowest BCUT2D eigenvalue weighted by molar-refractivity contribution is -0.136. The quantitative estimate of drug-likeness (QED) is 0.316. The number of hydrogen-bond donors (Lipinski definition) is 1. The monoisotopic (exact) mass is 492 g/mol. The molecule has 36 heavy (non-hydrogen) atoms. The van der Waals surface area contributed by atoms with E-state index in [0.29, 0.717) is 22.9 Å². The third-order valence-electron chi connectivity index (χ3n) is 5.45. The number of aliphatic carboxylic acids is 1. The van der Waals surface area contributed by atoms with E-state index >= 15 is 0 Å². The van der Waals surface area contributed by atoms with Crippen LogP contribution in [0.4, 0.5) is 25.0 Å². The first kappa shape index (κ1) is 24.6. The Kier molecular flexibility index (Phi) is 7.10. The van der Waals surface area contributed by atoms with E-state index in [2.05, 4.69) is 5.16 Å². The summed E-state index contributed by atoms with van der Waals surface area (Å²) in [6.45, 7) is 3.26. The molecule has 184 valence electrons. The lowest BCUT2D eigenvalue weighted by Crippen LogP contribution is -2.28. The zero-order valence-electron chi connectivity index (χ0n) is 19.5. The van der Waals surface area contributed by atoms with Crippen molar-refractivity contribution in [2.75, 3.05) is 11.5 Å². The molecule has 1 amide bonds. The number of amides is 1. The van der Waals surface area contributed by atoms with Gasteiger partial charge in [0.25, 0.3) is 0 Å². The van der Waals surface area contributed by atoms with E-state index < -0.39 is 23.7 Å². The molecule has 0 radical (unpaired) electrons. The van der Waals surface area contributed by atoms with E-state index in [9.17, 15) is 18.4 Å². The smallest absolute Gasteiger partial charge is 0.419 e. The zero-order valence-corrected chi connectivity index (χ0v) is 19.5. The van der Waals surface area contributed by atoms with Gasteiger partial charge in [-0.05, 0) is 42.7 Å². The fraction of sp³-hybridized carbons (Fsp3) is 0.148. The van der Waals surface area contributed by atoms with Crippen molar-refractivity contribution < 1.29 is 32.7 Å². The van der Waals surface area contributed by atoms with Crippen molar-refractivity contribution in [2.45, 2.75) is 20.3 Å². The van der Waals surface area contributed by atoms with Crippen LogP contribution < -0.4 is 4.90 Å². The van der Waals surface area contributed by atoms with Gasteiger partial charge in [-0.3, -0.25) is 4.79 Å². The summed E-state index contributed by atoms with van der Waals surface area (Å²) in [6, 6.07) is 17.2. The van der Waals surface area contributed by atoms with Gasteiger partial charge in [0, 0.05) is 11.6 Å². The second kappa shape index (κ2) is 10.4. The van der Waals surface area contributed by atoms with Gasteiger partial charge in [-0.25, -0.2) is 18.5 Å². The van der Waals surface area contributed by atoms with Gasteiger partial charge in [0.05, 0.1) is 18.7 Å². The van der Waals surface area contributed by atoms with Crippen LogP contribution >= 0.6 is 0 Å². The number of benzene rings is 3. The molecule has 0 aliphatic heterocycles. The van der Waals surface area contributed by atoms with Crippen LogP contribution in [0, 0.1) is 18.6 Å². The molecule has 1 aromatic heterocycles. The molecule has 0 bridgehead atoms. The fourth-order valence-corrected chi connectivity index (χ4v) is 3.78. The summed E-state index contributed by atoms with van der Waals surface area (Å²) >= 11 is 0. The molecule has 0 saturated carbocycles. The predicted octanol–water partition coefficient (Wildman–Crippen LogP) is 6.52. The van der Waals surface area contributed by atoms with Crippen molar-refractivity contribution in [2.24, 2.45) is 0 Å². The van der Waals surface area contributed by atoms with Crippen molar-refractivity contribution in [1.82, 2.24) is 5.16 Å². The van der Waals surface area contributed by atoms with Crippen LogP contribution in [0.1, 0.15) is 18.2 Å². The molecule has 7 nitrogen and oxygen atoms in total. The fourth-order valence-electron chi connectivity index (χ4n) is 3.78. The molecule has 0 unspecified atom stereocenters. The maximum absolute atomic E-state index is 14.7. The van der Waals surface area contributed by atoms with E-state index in [4.69, 9.17) is 14.4 Å². The maximum Gasteiger partial charge on any atom is 0.419 e. The molecule has 0 aliphatic carbocycles.